The molecule has 6 atom stereocenters. The third-order valence-corrected chi connectivity index (χ3v) is 7.40. The molecule has 2 heterocycles. The van der Waals surface area contributed by atoms with Crippen molar-refractivity contribution in [3.05, 3.63) is 0 Å². The van der Waals surface area contributed by atoms with Crippen LogP contribution < -0.4 is 0 Å². The minimum absolute atomic E-state index is 0.0559. The molecular formula is C15H20O6. The van der Waals surface area contributed by atoms with Gasteiger partial charge in [-0.25, -0.2) is 0 Å². The van der Waals surface area contributed by atoms with Crippen LogP contribution in [0.1, 0.15) is 40.0 Å². The zero-order chi connectivity index (χ0) is 15.5. The molecule has 0 unspecified atom stereocenters. The lowest BCUT2D eigenvalue weighted by Gasteiger charge is -2.45. The van der Waals surface area contributed by atoms with E-state index >= 15 is 0 Å². The van der Waals surface area contributed by atoms with E-state index in [9.17, 15) is 19.8 Å². The topological polar surface area (TPSA) is 93.1 Å². The molecule has 0 aromatic heterocycles. The van der Waals surface area contributed by atoms with E-state index in [1.807, 2.05) is 0 Å². The van der Waals surface area contributed by atoms with Crippen LogP contribution in [0.15, 0.2) is 0 Å². The summed E-state index contributed by atoms with van der Waals surface area (Å²) >= 11 is 0. The largest absolute Gasteiger partial charge is 0.464 e. The average molecular weight is 296 g/mol. The van der Waals surface area contributed by atoms with E-state index in [4.69, 9.17) is 9.47 Å². The van der Waals surface area contributed by atoms with Crippen molar-refractivity contribution in [2.24, 2.45) is 16.2 Å². The molecule has 21 heavy (non-hydrogen) atoms. The Morgan fingerprint density at radius 3 is 2.52 bits per heavy atom. The quantitative estimate of drug-likeness (QED) is 0.618. The fraction of sp³-hybridized carbons (Fsp3) is 0.867. The molecule has 2 aliphatic heterocycles. The van der Waals surface area contributed by atoms with Crippen molar-refractivity contribution >= 4 is 11.9 Å². The number of ether oxygens (including phenoxy) is 2. The number of hydrogen-bond acceptors (Lipinski definition) is 6. The van der Waals surface area contributed by atoms with Crippen LogP contribution in [0.3, 0.4) is 0 Å². The Morgan fingerprint density at radius 2 is 1.86 bits per heavy atom. The molecule has 0 aromatic carbocycles. The van der Waals surface area contributed by atoms with E-state index in [1.54, 1.807) is 20.8 Å². The van der Waals surface area contributed by atoms with E-state index in [1.165, 1.54) is 0 Å². The van der Waals surface area contributed by atoms with Gasteiger partial charge in [0, 0.05) is 5.41 Å². The van der Waals surface area contributed by atoms with Gasteiger partial charge in [-0.2, -0.15) is 0 Å². The highest BCUT2D eigenvalue weighted by molar-refractivity contribution is 5.84. The molecular weight excluding hydrogens is 276 g/mol. The highest BCUT2D eigenvalue weighted by atomic mass is 16.6. The minimum Gasteiger partial charge on any atom is -0.464 e. The van der Waals surface area contributed by atoms with Crippen molar-refractivity contribution in [1.82, 2.24) is 0 Å². The molecule has 0 amide bonds. The van der Waals surface area contributed by atoms with Crippen molar-refractivity contribution < 1.29 is 29.3 Å². The van der Waals surface area contributed by atoms with Crippen molar-refractivity contribution in [1.29, 1.82) is 0 Å². The molecule has 1 spiro atoms. The summed E-state index contributed by atoms with van der Waals surface area (Å²) in [6.07, 6.45) is -0.364. The lowest BCUT2D eigenvalue weighted by molar-refractivity contribution is -0.174. The highest BCUT2D eigenvalue weighted by Crippen LogP contribution is 2.78. The number of carbonyl (C=O) groups is 2. The first-order valence-electron chi connectivity index (χ1n) is 7.39. The second-order valence-electron chi connectivity index (χ2n) is 7.73. The average Bonchev–Trinajstić information content (AvgIpc) is 2.94. The number of aliphatic hydroxyl groups is 2. The number of cyclic esters (lactones) is 1. The fourth-order valence-electron chi connectivity index (χ4n) is 5.86. The second kappa shape index (κ2) is 3.13. The smallest absolute Gasteiger partial charge is 0.315 e. The molecule has 4 rings (SSSR count). The first-order chi connectivity index (χ1) is 9.59. The normalized spacial score (nSPS) is 61.3. The van der Waals surface area contributed by atoms with Crippen molar-refractivity contribution in [2.45, 2.75) is 57.3 Å². The molecule has 0 bridgehead atoms. The lowest BCUT2D eigenvalue weighted by Crippen LogP contribution is -2.58. The van der Waals surface area contributed by atoms with Gasteiger partial charge in [-0.3, -0.25) is 9.59 Å². The summed E-state index contributed by atoms with van der Waals surface area (Å²) in [4.78, 5) is 24.3. The molecule has 6 heteroatoms. The minimum atomic E-state index is -1.36. The molecule has 4 fully saturated rings. The van der Waals surface area contributed by atoms with Gasteiger partial charge in [-0.1, -0.05) is 6.92 Å². The molecule has 0 radical (unpaired) electrons. The zero-order valence-electron chi connectivity index (χ0n) is 12.4. The predicted octanol–water partition coefficient (Wildman–Crippen LogP) is 0.147. The van der Waals surface area contributed by atoms with E-state index in [0.29, 0.717) is 12.8 Å². The summed E-state index contributed by atoms with van der Waals surface area (Å²) in [6.45, 7) is 5.24. The van der Waals surface area contributed by atoms with Crippen LogP contribution in [0.4, 0.5) is 0 Å². The van der Waals surface area contributed by atoms with Gasteiger partial charge in [-0.05, 0) is 26.7 Å². The number of esters is 2. The van der Waals surface area contributed by atoms with E-state index in [-0.39, 0.29) is 13.0 Å². The van der Waals surface area contributed by atoms with Crippen molar-refractivity contribution in [3.8, 4) is 0 Å². The Kier molecular flexibility index (Phi) is 2.01. The predicted molar refractivity (Wildman–Crippen MR) is 68.9 cm³/mol. The van der Waals surface area contributed by atoms with Crippen LogP contribution in [0.25, 0.3) is 0 Å². The van der Waals surface area contributed by atoms with Gasteiger partial charge < -0.3 is 19.7 Å². The Bertz CT molecular complexity index is 589. The maximum absolute atomic E-state index is 12.3. The SMILES string of the molecule is C[C@@]12COC(=O)[C@@]1(C)[C@@H](O)[C@]13CC(=O)O[C@@]1(C)CC[C@]23O. The fourth-order valence-corrected chi connectivity index (χ4v) is 5.86. The molecule has 116 valence electrons. The van der Waals surface area contributed by atoms with Gasteiger partial charge in [0.15, 0.2) is 0 Å². The Labute approximate surface area is 122 Å². The summed E-state index contributed by atoms with van der Waals surface area (Å²) in [5.41, 5.74) is -5.59. The molecule has 0 aromatic rings. The van der Waals surface area contributed by atoms with Crippen molar-refractivity contribution in [2.75, 3.05) is 6.61 Å². The first kappa shape index (κ1) is 13.5. The Hall–Kier alpha value is -1.14. The third-order valence-electron chi connectivity index (χ3n) is 7.40. The Balaban J connectivity index is 2.03. The maximum Gasteiger partial charge on any atom is 0.315 e. The number of aliphatic hydroxyl groups excluding tert-OH is 1. The molecule has 4 aliphatic rings. The van der Waals surface area contributed by atoms with Crippen molar-refractivity contribution in [3.63, 3.8) is 0 Å². The molecule has 2 N–H and O–H groups in total. The Morgan fingerprint density at radius 1 is 1.19 bits per heavy atom. The number of fused-ring (bicyclic) bond motifs is 2. The lowest BCUT2D eigenvalue weighted by atomic mass is 9.61. The van der Waals surface area contributed by atoms with Gasteiger partial charge in [0.2, 0.25) is 0 Å². The van der Waals surface area contributed by atoms with Gasteiger partial charge in [0.1, 0.15) is 17.6 Å². The summed E-state index contributed by atoms with van der Waals surface area (Å²) in [6, 6.07) is 0. The summed E-state index contributed by atoms with van der Waals surface area (Å²) in [5.74, 6) is -0.924. The number of carbonyl (C=O) groups excluding carboxylic acids is 2. The van der Waals surface area contributed by atoms with Crippen LogP contribution in [0.5, 0.6) is 0 Å². The van der Waals surface area contributed by atoms with Gasteiger partial charge in [0.25, 0.3) is 0 Å². The molecule has 2 aliphatic carbocycles. The third kappa shape index (κ3) is 0.932. The monoisotopic (exact) mass is 296 g/mol. The summed E-state index contributed by atoms with van der Waals surface area (Å²) in [5, 5.41) is 22.6. The van der Waals surface area contributed by atoms with Crippen LogP contribution in [-0.2, 0) is 19.1 Å². The molecule has 2 saturated carbocycles. The van der Waals surface area contributed by atoms with E-state index in [0.717, 1.165) is 0 Å². The van der Waals surface area contributed by atoms with Crippen LogP contribution in [0.2, 0.25) is 0 Å². The molecule has 6 nitrogen and oxygen atoms in total. The van der Waals surface area contributed by atoms with Crippen LogP contribution in [-0.4, -0.2) is 46.1 Å². The second-order valence-corrected chi connectivity index (χ2v) is 7.73. The maximum atomic E-state index is 12.3. The summed E-state index contributed by atoms with van der Waals surface area (Å²) < 4.78 is 10.7. The van der Waals surface area contributed by atoms with Gasteiger partial charge >= 0.3 is 11.9 Å². The highest BCUT2D eigenvalue weighted by Gasteiger charge is 2.91. The van der Waals surface area contributed by atoms with Crippen LogP contribution >= 0.6 is 0 Å². The first-order valence-corrected chi connectivity index (χ1v) is 7.39. The number of hydrogen-bond donors (Lipinski definition) is 2. The number of rotatable bonds is 0. The summed E-state index contributed by atoms with van der Waals surface area (Å²) in [7, 11) is 0. The van der Waals surface area contributed by atoms with E-state index < -0.39 is 45.5 Å². The van der Waals surface area contributed by atoms with Gasteiger partial charge in [-0.15, -0.1) is 0 Å². The zero-order valence-corrected chi connectivity index (χ0v) is 12.4. The molecule has 2 saturated heterocycles. The van der Waals surface area contributed by atoms with Crippen LogP contribution in [0, 0.1) is 16.2 Å². The standard InChI is InChI=1S/C15H20O6/c1-11-7-20-10(18)13(11,3)9(17)14-6-8(16)21-12(14,2)4-5-15(11,14)19/h9,17,19H,4-7H2,1-3H3/t9-,11-,12+,13-,14-,15+/m1/s1. The van der Waals surface area contributed by atoms with Gasteiger partial charge in [0.05, 0.1) is 23.5 Å². The van der Waals surface area contributed by atoms with E-state index in [2.05, 4.69) is 0 Å².